The molecule has 3 aromatic carbocycles. The molecule has 0 saturated heterocycles. The van der Waals surface area contributed by atoms with E-state index in [1.807, 2.05) is 24.3 Å². The van der Waals surface area contributed by atoms with Crippen LogP contribution in [0.4, 0.5) is 10.1 Å². The first-order chi connectivity index (χ1) is 14.4. The van der Waals surface area contributed by atoms with Gasteiger partial charge in [-0.25, -0.2) is 12.8 Å². The number of sulfonamides is 1. The van der Waals surface area contributed by atoms with Crippen molar-refractivity contribution in [2.75, 3.05) is 11.8 Å². The summed E-state index contributed by atoms with van der Waals surface area (Å²) in [6.45, 7) is 0.346. The Labute approximate surface area is 174 Å². The van der Waals surface area contributed by atoms with E-state index in [4.69, 9.17) is 4.74 Å². The van der Waals surface area contributed by atoms with Gasteiger partial charge < -0.3 is 10.1 Å². The normalized spacial score (nSPS) is 11.0. The van der Waals surface area contributed by atoms with E-state index in [1.54, 1.807) is 31.4 Å². The SMILES string of the molecule is COc1ccccc1CNC(=O)Cc1ccc(NS(=O)(=O)c2ccc(F)cc2)cc1. The maximum Gasteiger partial charge on any atom is 0.261 e. The Hall–Kier alpha value is -3.39. The van der Waals surface area contributed by atoms with Gasteiger partial charge in [0.2, 0.25) is 5.91 Å². The first-order valence-corrected chi connectivity index (χ1v) is 10.6. The van der Waals surface area contributed by atoms with Gasteiger partial charge in [-0.2, -0.15) is 0 Å². The number of carbonyl (C=O) groups excluding carboxylic acids is 1. The van der Waals surface area contributed by atoms with E-state index in [0.29, 0.717) is 18.0 Å². The third kappa shape index (κ3) is 5.57. The Morgan fingerprint density at radius 2 is 1.63 bits per heavy atom. The van der Waals surface area contributed by atoms with Crippen LogP contribution in [-0.2, 0) is 27.8 Å². The van der Waals surface area contributed by atoms with Gasteiger partial charge in [-0.1, -0.05) is 30.3 Å². The van der Waals surface area contributed by atoms with Gasteiger partial charge in [0, 0.05) is 17.8 Å². The maximum atomic E-state index is 13.0. The van der Waals surface area contributed by atoms with E-state index in [-0.39, 0.29) is 17.2 Å². The van der Waals surface area contributed by atoms with Crippen LogP contribution in [-0.4, -0.2) is 21.4 Å². The highest BCUT2D eigenvalue weighted by Crippen LogP contribution is 2.18. The van der Waals surface area contributed by atoms with Crippen LogP contribution in [0.5, 0.6) is 5.75 Å². The summed E-state index contributed by atoms with van der Waals surface area (Å²) in [6, 6.07) is 18.5. The van der Waals surface area contributed by atoms with Gasteiger partial charge in [0.05, 0.1) is 18.4 Å². The molecule has 0 spiro atoms. The molecule has 2 N–H and O–H groups in total. The lowest BCUT2D eigenvalue weighted by Gasteiger charge is -2.10. The number of halogens is 1. The molecule has 3 rings (SSSR count). The number of hydrogen-bond donors (Lipinski definition) is 2. The lowest BCUT2D eigenvalue weighted by Crippen LogP contribution is -2.24. The van der Waals surface area contributed by atoms with Crippen LogP contribution in [0.25, 0.3) is 0 Å². The number of methoxy groups -OCH3 is 1. The van der Waals surface area contributed by atoms with Crippen LogP contribution < -0.4 is 14.8 Å². The summed E-state index contributed by atoms with van der Waals surface area (Å²) in [5, 5.41) is 2.84. The van der Waals surface area contributed by atoms with Crippen LogP contribution in [0.15, 0.2) is 77.7 Å². The highest BCUT2D eigenvalue weighted by Gasteiger charge is 2.14. The number of rotatable bonds is 8. The van der Waals surface area contributed by atoms with Crippen molar-refractivity contribution in [3.63, 3.8) is 0 Å². The minimum absolute atomic E-state index is 0.0382. The first kappa shape index (κ1) is 21.3. The Bertz CT molecular complexity index is 1110. The zero-order valence-electron chi connectivity index (χ0n) is 16.3. The number of para-hydroxylation sites is 1. The van der Waals surface area contributed by atoms with Crippen molar-refractivity contribution in [1.82, 2.24) is 5.32 Å². The van der Waals surface area contributed by atoms with Crippen molar-refractivity contribution in [3.05, 3.63) is 89.7 Å². The number of hydrogen-bond acceptors (Lipinski definition) is 4. The van der Waals surface area contributed by atoms with Crippen LogP contribution in [0.3, 0.4) is 0 Å². The second kappa shape index (κ2) is 9.41. The fraction of sp³-hybridized carbons (Fsp3) is 0.136. The molecule has 0 fully saturated rings. The molecule has 0 atom stereocenters. The number of benzene rings is 3. The fourth-order valence-electron chi connectivity index (χ4n) is 2.81. The molecule has 0 aromatic heterocycles. The third-order valence-corrected chi connectivity index (χ3v) is 5.76. The van der Waals surface area contributed by atoms with Crippen molar-refractivity contribution < 1.29 is 22.3 Å². The molecule has 8 heteroatoms. The van der Waals surface area contributed by atoms with Crippen LogP contribution in [0.2, 0.25) is 0 Å². The zero-order valence-corrected chi connectivity index (χ0v) is 17.1. The molecule has 30 heavy (non-hydrogen) atoms. The van der Waals surface area contributed by atoms with Gasteiger partial charge in [0.1, 0.15) is 11.6 Å². The quantitative estimate of drug-likeness (QED) is 0.575. The topological polar surface area (TPSA) is 84.5 Å². The summed E-state index contributed by atoms with van der Waals surface area (Å²) in [5.41, 5.74) is 1.95. The third-order valence-electron chi connectivity index (χ3n) is 4.36. The highest BCUT2D eigenvalue weighted by molar-refractivity contribution is 7.92. The second-order valence-electron chi connectivity index (χ2n) is 6.52. The van der Waals surface area contributed by atoms with Crippen LogP contribution in [0, 0.1) is 5.82 Å². The summed E-state index contributed by atoms with van der Waals surface area (Å²) in [7, 11) is -2.24. The lowest BCUT2D eigenvalue weighted by atomic mass is 10.1. The van der Waals surface area contributed by atoms with Crippen molar-refractivity contribution in [2.45, 2.75) is 17.9 Å². The smallest absolute Gasteiger partial charge is 0.261 e. The van der Waals surface area contributed by atoms with Crippen molar-refractivity contribution in [2.24, 2.45) is 0 Å². The molecule has 0 aliphatic rings. The van der Waals surface area contributed by atoms with Crippen LogP contribution >= 0.6 is 0 Å². The van der Waals surface area contributed by atoms with E-state index >= 15 is 0 Å². The molecule has 0 bridgehead atoms. The molecular formula is C22H21FN2O4S. The van der Waals surface area contributed by atoms with Gasteiger partial charge in [0.15, 0.2) is 0 Å². The van der Waals surface area contributed by atoms with Crippen molar-refractivity contribution in [3.8, 4) is 5.75 Å². The Morgan fingerprint density at radius 3 is 2.30 bits per heavy atom. The van der Waals surface area contributed by atoms with Crippen molar-refractivity contribution >= 4 is 21.6 Å². The van der Waals surface area contributed by atoms with Crippen LogP contribution in [0.1, 0.15) is 11.1 Å². The molecule has 3 aromatic rings. The summed E-state index contributed by atoms with van der Waals surface area (Å²) in [5.74, 6) is 0.0263. The summed E-state index contributed by atoms with van der Waals surface area (Å²) in [6.07, 6.45) is 0.153. The average Bonchev–Trinajstić information content (AvgIpc) is 2.74. The van der Waals surface area contributed by atoms with Gasteiger partial charge in [-0.3, -0.25) is 9.52 Å². The molecular weight excluding hydrogens is 407 g/mol. The number of amides is 1. The minimum Gasteiger partial charge on any atom is -0.496 e. The first-order valence-electron chi connectivity index (χ1n) is 9.13. The molecule has 0 aliphatic heterocycles. The van der Waals surface area contributed by atoms with Gasteiger partial charge in [0.25, 0.3) is 10.0 Å². The molecule has 0 heterocycles. The van der Waals surface area contributed by atoms with E-state index in [2.05, 4.69) is 10.0 Å². The van der Waals surface area contributed by atoms with Gasteiger partial charge in [-0.05, 0) is 48.0 Å². The van der Waals surface area contributed by atoms with E-state index in [0.717, 1.165) is 23.3 Å². The molecule has 0 radical (unpaired) electrons. The summed E-state index contributed by atoms with van der Waals surface area (Å²) >= 11 is 0. The number of nitrogens with one attached hydrogen (secondary N) is 2. The second-order valence-corrected chi connectivity index (χ2v) is 8.20. The predicted molar refractivity (Wildman–Crippen MR) is 112 cm³/mol. The number of anilines is 1. The highest BCUT2D eigenvalue weighted by atomic mass is 32.2. The zero-order chi connectivity index (χ0) is 21.6. The Kier molecular flexibility index (Phi) is 6.68. The Morgan fingerprint density at radius 1 is 0.967 bits per heavy atom. The lowest BCUT2D eigenvalue weighted by molar-refractivity contribution is -0.120. The molecule has 0 aliphatic carbocycles. The molecule has 156 valence electrons. The Balaban J connectivity index is 1.57. The van der Waals surface area contributed by atoms with Gasteiger partial charge in [-0.15, -0.1) is 0 Å². The van der Waals surface area contributed by atoms with E-state index < -0.39 is 15.8 Å². The molecule has 6 nitrogen and oxygen atoms in total. The van der Waals surface area contributed by atoms with E-state index in [1.165, 1.54) is 12.1 Å². The minimum atomic E-state index is -3.82. The molecule has 0 saturated carbocycles. The monoisotopic (exact) mass is 428 g/mol. The largest absolute Gasteiger partial charge is 0.496 e. The van der Waals surface area contributed by atoms with Crippen molar-refractivity contribution in [1.29, 1.82) is 0 Å². The van der Waals surface area contributed by atoms with Gasteiger partial charge >= 0.3 is 0 Å². The standard InChI is InChI=1S/C22H21FN2O4S/c1-29-21-5-3-2-4-17(21)15-24-22(26)14-16-6-10-19(11-7-16)25-30(27,28)20-12-8-18(23)9-13-20/h2-13,25H,14-15H2,1H3,(H,24,26). The summed E-state index contributed by atoms with van der Waals surface area (Å²) in [4.78, 5) is 12.2. The maximum absolute atomic E-state index is 13.0. The van der Waals surface area contributed by atoms with E-state index in [9.17, 15) is 17.6 Å². The predicted octanol–water partition coefficient (Wildman–Crippen LogP) is 3.49. The summed E-state index contributed by atoms with van der Waals surface area (Å²) < 4.78 is 45.4. The molecule has 1 amide bonds. The number of ether oxygens (including phenoxy) is 1. The number of carbonyl (C=O) groups is 1. The fourth-order valence-corrected chi connectivity index (χ4v) is 3.87. The average molecular weight is 428 g/mol. The molecule has 0 unspecified atom stereocenters.